The molecule has 1 N–H and O–H groups in total. The fraction of sp³-hybridized carbons (Fsp3) is 0.167. The summed E-state index contributed by atoms with van der Waals surface area (Å²) in [6.45, 7) is 3.97. The molecule has 0 bridgehead atoms. The van der Waals surface area contributed by atoms with E-state index in [-0.39, 0.29) is 4.90 Å². The van der Waals surface area contributed by atoms with Crippen molar-refractivity contribution in [2.45, 2.75) is 18.7 Å². The van der Waals surface area contributed by atoms with E-state index in [4.69, 9.17) is 4.55 Å². The van der Waals surface area contributed by atoms with E-state index in [1.807, 2.05) is 26.0 Å². The van der Waals surface area contributed by atoms with Crippen LogP contribution in [0.25, 0.3) is 10.8 Å². The summed E-state index contributed by atoms with van der Waals surface area (Å²) in [5, 5.41) is 1.79. The molecule has 0 aliphatic rings. The highest BCUT2D eigenvalue weighted by molar-refractivity contribution is 7.85. The Balaban J connectivity index is 2.77. The van der Waals surface area contributed by atoms with Gasteiger partial charge in [0.2, 0.25) is 0 Å². The molecular weight excluding hydrogens is 224 g/mol. The van der Waals surface area contributed by atoms with Crippen molar-refractivity contribution in [3.63, 3.8) is 0 Å². The third kappa shape index (κ3) is 1.94. The van der Waals surface area contributed by atoms with Crippen molar-refractivity contribution in [3.05, 3.63) is 41.5 Å². The molecule has 0 fully saturated rings. The van der Waals surface area contributed by atoms with Crippen LogP contribution in [-0.4, -0.2) is 13.0 Å². The lowest BCUT2D eigenvalue weighted by Crippen LogP contribution is -1.97. The molecule has 4 heteroatoms. The van der Waals surface area contributed by atoms with Crippen LogP contribution in [0.5, 0.6) is 0 Å². The zero-order valence-corrected chi connectivity index (χ0v) is 9.88. The van der Waals surface area contributed by atoms with E-state index in [2.05, 4.69) is 0 Å². The Morgan fingerprint density at radius 3 is 2.06 bits per heavy atom. The topological polar surface area (TPSA) is 54.4 Å². The van der Waals surface area contributed by atoms with Gasteiger partial charge in [-0.2, -0.15) is 8.42 Å². The van der Waals surface area contributed by atoms with Crippen LogP contribution in [0.1, 0.15) is 11.1 Å². The van der Waals surface area contributed by atoms with Crippen LogP contribution in [0.2, 0.25) is 0 Å². The van der Waals surface area contributed by atoms with Crippen LogP contribution in [0, 0.1) is 13.8 Å². The van der Waals surface area contributed by atoms with Crippen LogP contribution in [0.3, 0.4) is 0 Å². The number of hydrogen-bond donors (Lipinski definition) is 1. The van der Waals surface area contributed by atoms with Gasteiger partial charge >= 0.3 is 0 Å². The average Bonchev–Trinajstić information content (AvgIpc) is 2.17. The van der Waals surface area contributed by atoms with Crippen molar-refractivity contribution in [3.8, 4) is 0 Å². The standard InChI is InChI=1S/C12H12O3S/c1-8-5-10-3-4-12(16(13,14)15)7-11(10)6-9(8)2/h3-7H,1-2H3,(H,13,14,15). The zero-order valence-electron chi connectivity index (χ0n) is 9.06. The molecule has 16 heavy (non-hydrogen) atoms. The Morgan fingerprint density at radius 1 is 0.938 bits per heavy atom. The van der Waals surface area contributed by atoms with E-state index in [1.165, 1.54) is 12.1 Å². The summed E-state index contributed by atoms with van der Waals surface area (Å²) in [7, 11) is -4.12. The molecule has 0 unspecified atom stereocenters. The van der Waals surface area contributed by atoms with Crippen molar-refractivity contribution in [1.29, 1.82) is 0 Å². The summed E-state index contributed by atoms with van der Waals surface area (Å²) < 4.78 is 30.9. The minimum absolute atomic E-state index is 0.0664. The third-order valence-corrected chi connectivity index (χ3v) is 3.57. The van der Waals surface area contributed by atoms with Gasteiger partial charge in [-0.25, -0.2) is 0 Å². The average molecular weight is 236 g/mol. The lowest BCUT2D eigenvalue weighted by Gasteiger charge is -2.05. The lowest BCUT2D eigenvalue weighted by molar-refractivity contribution is 0.483. The molecule has 2 aromatic rings. The Labute approximate surface area is 94.5 Å². The highest BCUT2D eigenvalue weighted by Gasteiger charge is 2.09. The van der Waals surface area contributed by atoms with Crippen LogP contribution < -0.4 is 0 Å². The van der Waals surface area contributed by atoms with Gasteiger partial charge in [0.15, 0.2) is 0 Å². The van der Waals surface area contributed by atoms with Crippen LogP contribution >= 0.6 is 0 Å². The minimum atomic E-state index is -4.12. The molecule has 0 atom stereocenters. The second-order valence-corrected chi connectivity index (χ2v) is 5.34. The predicted molar refractivity (Wildman–Crippen MR) is 63.2 cm³/mol. The van der Waals surface area contributed by atoms with Crippen molar-refractivity contribution in [1.82, 2.24) is 0 Å². The monoisotopic (exact) mass is 236 g/mol. The second kappa shape index (κ2) is 3.57. The number of fused-ring (bicyclic) bond motifs is 1. The Kier molecular flexibility index (Phi) is 2.48. The van der Waals surface area contributed by atoms with Gasteiger partial charge in [0.1, 0.15) is 0 Å². The molecule has 2 aromatic carbocycles. The van der Waals surface area contributed by atoms with E-state index >= 15 is 0 Å². The lowest BCUT2D eigenvalue weighted by atomic mass is 10.0. The van der Waals surface area contributed by atoms with E-state index in [0.29, 0.717) is 0 Å². The maximum absolute atomic E-state index is 11.0. The summed E-state index contributed by atoms with van der Waals surface area (Å²) in [6, 6.07) is 8.51. The molecule has 0 radical (unpaired) electrons. The first kappa shape index (κ1) is 11.1. The van der Waals surface area contributed by atoms with Crippen molar-refractivity contribution in [2.24, 2.45) is 0 Å². The molecule has 3 nitrogen and oxygen atoms in total. The van der Waals surface area contributed by atoms with Crippen LogP contribution in [0.15, 0.2) is 35.2 Å². The van der Waals surface area contributed by atoms with E-state index in [1.54, 1.807) is 6.07 Å². The van der Waals surface area contributed by atoms with Gasteiger partial charge in [-0.1, -0.05) is 18.2 Å². The Bertz CT molecular complexity index is 657. The second-order valence-electron chi connectivity index (χ2n) is 3.92. The minimum Gasteiger partial charge on any atom is -0.282 e. The summed E-state index contributed by atoms with van der Waals surface area (Å²) in [5.74, 6) is 0. The molecule has 0 aliphatic carbocycles. The Hall–Kier alpha value is -1.39. The molecule has 84 valence electrons. The van der Waals surface area contributed by atoms with Gasteiger partial charge in [-0.3, -0.25) is 4.55 Å². The highest BCUT2D eigenvalue weighted by Crippen LogP contribution is 2.22. The fourth-order valence-corrected chi connectivity index (χ4v) is 2.18. The van der Waals surface area contributed by atoms with Gasteiger partial charge in [-0.05, 0) is 47.9 Å². The van der Waals surface area contributed by atoms with Gasteiger partial charge in [0.05, 0.1) is 4.90 Å². The summed E-state index contributed by atoms with van der Waals surface area (Å²) in [4.78, 5) is -0.0664. The summed E-state index contributed by atoms with van der Waals surface area (Å²) >= 11 is 0. The number of benzene rings is 2. The maximum Gasteiger partial charge on any atom is 0.294 e. The molecule has 0 aliphatic heterocycles. The fourth-order valence-electron chi connectivity index (χ4n) is 1.66. The Morgan fingerprint density at radius 2 is 1.50 bits per heavy atom. The highest BCUT2D eigenvalue weighted by atomic mass is 32.2. The quantitative estimate of drug-likeness (QED) is 0.774. The number of aryl methyl sites for hydroxylation is 2. The smallest absolute Gasteiger partial charge is 0.282 e. The third-order valence-electron chi connectivity index (χ3n) is 2.72. The molecule has 0 amide bonds. The summed E-state index contributed by atoms with van der Waals surface area (Å²) in [6.07, 6.45) is 0. The van der Waals surface area contributed by atoms with E-state index in [0.717, 1.165) is 21.9 Å². The van der Waals surface area contributed by atoms with E-state index in [9.17, 15) is 8.42 Å². The molecule has 2 rings (SSSR count). The summed E-state index contributed by atoms with van der Waals surface area (Å²) in [5.41, 5.74) is 2.26. The largest absolute Gasteiger partial charge is 0.294 e. The van der Waals surface area contributed by atoms with Gasteiger partial charge in [0.25, 0.3) is 10.1 Å². The normalized spacial score (nSPS) is 11.9. The van der Waals surface area contributed by atoms with Crippen molar-refractivity contribution in [2.75, 3.05) is 0 Å². The molecule has 0 heterocycles. The van der Waals surface area contributed by atoms with E-state index < -0.39 is 10.1 Å². The molecule has 0 saturated heterocycles. The predicted octanol–water partition coefficient (Wildman–Crippen LogP) is 2.70. The molecule has 0 spiro atoms. The van der Waals surface area contributed by atoms with Gasteiger partial charge in [0, 0.05) is 0 Å². The van der Waals surface area contributed by atoms with Crippen molar-refractivity contribution >= 4 is 20.9 Å². The van der Waals surface area contributed by atoms with Crippen LogP contribution in [0.4, 0.5) is 0 Å². The van der Waals surface area contributed by atoms with Crippen molar-refractivity contribution < 1.29 is 13.0 Å². The van der Waals surface area contributed by atoms with Gasteiger partial charge < -0.3 is 0 Å². The van der Waals surface area contributed by atoms with Crippen LogP contribution in [-0.2, 0) is 10.1 Å². The SMILES string of the molecule is Cc1cc2ccc(S(=O)(=O)O)cc2cc1C. The maximum atomic E-state index is 11.0. The first-order chi connectivity index (χ1) is 7.38. The number of rotatable bonds is 1. The molecular formula is C12H12O3S. The molecule has 0 saturated carbocycles. The number of hydrogen-bond acceptors (Lipinski definition) is 2. The first-order valence-electron chi connectivity index (χ1n) is 4.86. The first-order valence-corrected chi connectivity index (χ1v) is 6.30. The zero-order chi connectivity index (χ0) is 11.9. The molecule has 0 aromatic heterocycles. The van der Waals surface area contributed by atoms with Gasteiger partial charge in [-0.15, -0.1) is 0 Å².